The van der Waals surface area contributed by atoms with E-state index in [2.05, 4.69) is 15.3 Å². The van der Waals surface area contributed by atoms with Gasteiger partial charge in [0.1, 0.15) is 11.6 Å². The Balaban J connectivity index is 1.39. The number of rotatable bonds is 6. The number of benzene rings is 2. The molecule has 7 nitrogen and oxygen atoms in total. The number of aliphatic hydroxyl groups excluding tert-OH is 1. The van der Waals surface area contributed by atoms with Crippen LogP contribution in [-0.4, -0.2) is 51.0 Å². The molecule has 2 aliphatic rings. The highest BCUT2D eigenvalue weighted by molar-refractivity contribution is 5.99. The number of hydrogen-bond donors (Lipinski definition) is 2. The summed E-state index contributed by atoms with van der Waals surface area (Å²) in [5.41, 5.74) is 2.46. The number of hydrogen-bond acceptors (Lipinski definition) is 5. The molecule has 0 unspecified atom stereocenters. The third kappa shape index (κ3) is 4.51. The number of halogens is 2. The van der Waals surface area contributed by atoms with Gasteiger partial charge in [-0.25, -0.2) is 18.7 Å². The highest BCUT2D eigenvalue weighted by atomic mass is 19.1. The molecule has 2 aliphatic heterocycles. The molecule has 3 heterocycles. The van der Waals surface area contributed by atoms with Gasteiger partial charge in [0.25, 0.3) is 5.91 Å². The van der Waals surface area contributed by atoms with E-state index in [0.717, 1.165) is 36.1 Å². The predicted molar refractivity (Wildman–Crippen MR) is 123 cm³/mol. The van der Waals surface area contributed by atoms with Crippen LogP contribution in [0.15, 0.2) is 42.5 Å². The standard InChI is InChI=1S/C26H24F2N4O3/c27-18-4-1-5-19(28)23(18)25-30-20(24-21(31-25)13-29-26(24)35)11-15-6-8-16(9-7-15)12-22(34)32-10-2-3-17(32)14-33/h1,4-9,17,33H,2-3,10-14H2,(H,29,35)/t17-/m0/s1. The summed E-state index contributed by atoms with van der Waals surface area (Å²) in [7, 11) is 0. The van der Waals surface area contributed by atoms with Gasteiger partial charge in [0, 0.05) is 13.0 Å². The van der Waals surface area contributed by atoms with Crippen LogP contribution in [0.5, 0.6) is 0 Å². The van der Waals surface area contributed by atoms with Gasteiger partial charge in [-0.3, -0.25) is 9.59 Å². The average molecular weight is 478 g/mol. The molecule has 1 aromatic heterocycles. The molecule has 5 rings (SSSR count). The lowest BCUT2D eigenvalue weighted by molar-refractivity contribution is -0.132. The largest absolute Gasteiger partial charge is 0.394 e. The maximum Gasteiger partial charge on any atom is 0.255 e. The Morgan fingerprint density at radius 2 is 1.77 bits per heavy atom. The highest BCUT2D eigenvalue weighted by Gasteiger charge is 2.29. The summed E-state index contributed by atoms with van der Waals surface area (Å²) in [6.45, 7) is 0.799. The Morgan fingerprint density at radius 3 is 2.49 bits per heavy atom. The third-order valence-electron chi connectivity index (χ3n) is 6.55. The van der Waals surface area contributed by atoms with E-state index in [9.17, 15) is 23.5 Å². The smallest absolute Gasteiger partial charge is 0.255 e. The minimum atomic E-state index is -0.774. The lowest BCUT2D eigenvalue weighted by atomic mass is 10.0. The van der Waals surface area contributed by atoms with Gasteiger partial charge in [0.2, 0.25) is 5.91 Å². The quantitative estimate of drug-likeness (QED) is 0.568. The van der Waals surface area contributed by atoms with Gasteiger partial charge in [0.05, 0.1) is 48.1 Å². The van der Waals surface area contributed by atoms with Crippen LogP contribution in [0.4, 0.5) is 8.78 Å². The van der Waals surface area contributed by atoms with Crippen LogP contribution < -0.4 is 5.32 Å². The number of fused-ring (bicyclic) bond motifs is 1. The van der Waals surface area contributed by atoms with Crippen LogP contribution in [0.3, 0.4) is 0 Å². The minimum Gasteiger partial charge on any atom is -0.394 e. The maximum absolute atomic E-state index is 14.4. The molecule has 2 amide bonds. The van der Waals surface area contributed by atoms with Gasteiger partial charge in [-0.1, -0.05) is 30.3 Å². The molecule has 9 heteroatoms. The normalized spacial score (nSPS) is 16.9. The zero-order valence-electron chi connectivity index (χ0n) is 18.9. The molecule has 0 radical (unpaired) electrons. The summed E-state index contributed by atoms with van der Waals surface area (Å²) in [4.78, 5) is 35.4. The third-order valence-corrected chi connectivity index (χ3v) is 6.55. The van der Waals surface area contributed by atoms with Gasteiger partial charge >= 0.3 is 0 Å². The van der Waals surface area contributed by atoms with E-state index < -0.39 is 11.6 Å². The summed E-state index contributed by atoms with van der Waals surface area (Å²) >= 11 is 0. The summed E-state index contributed by atoms with van der Waals surface area (Å²) in [6.07, 6.45) is 2.20. The molecule has 3 aromatic rings. The van der Waals surface area contributed by atoms with E-state index in [1.165, 1.54) is 6.07 Å². The molecule has 2 N–H and O–H groups in total. The number of nitrogens with one attached hydrogen (secondary N) is 1. The lowest BCUT2D eigenvalue weighted by Gasteiger charge is -2.23. The Morgan fingerprint density at radius 1 is 1.06 bits per heavy atom. The van der Waals surface area contributed by atoms with E-state index >= 15 is 0 Å². The molecule has 1 atom stereocenters. The summed E-state index contributed by atoms with van der Waals surface area (Å²) in [6, 6.07) is 10.8. The molecule has 2 aromatic carbocycles. The number of likely N-dealkylation sites (tertiary alicyclic amines) is 1. The summed E-state index contributed by atoms with van der Waals surface area (Å²) < 4.78 is 28.8. The SMILES string of the molecule is O=C1NCc2nc(-c3c(F)cccc3F)nc(Cc3ccc(CC(=O)N4CCC[C@H]4CO)cc3)c21. The van der Waals surface area contributed by atoms with E-state index in [1.54, 1.807) is 4.90 Å². The Hall–Kier alpha value is -3.72. The summed E-state index contributed by atoms with van der Waals surface area (Å²) in [5.74, 6) is -1.98. The second-order valence-electron chi connectivity index (χ2n) is 8.83. The van der Waals surface area contributed by atoms with E-state index in [1.807, 2.05) is 24.3 Å². The molecule has 0 spiro atoms. The number of nitrogens with zero attached hydrogens (tertiary/aromatic N) is 3. The van der Waals surface area contributed by atoms with Crippen molar-refractivity contribution in [3.05, 3.63) is 82.2 Å². The molecule has 180 valence electrons. The second-order valence-corrected chi connectivity index (χ2v) is 8.83. The van der Waals surface area contributed by atoms with Crippen molar-refractivity contribution >= 4 is 11.8 Å². The lowest BCUT2D eigenvalue weighted by Crippen LogP contribution is -2.38. The molecule has 0 bridgehead atoms. The minimum absolute atomic E-state index is 0.0175. The number of carbonyl (C=O) groups is 2. The van der Waals surface area contributed by atoms with E-state index in [-0.39, 0.29) is 55.2 Å². The van der Waals surface area contributed by atoms with E-state index in [0.29, 0.717) is 23.5 Å². The topological polar surface area (TPSA) is 95.4 Å². The zero-order valence-corrected chi connectivity index (χ0v) is 18.9. The van der Waals surface area contributed by atoms with Crippen LogP contribution in [0.25, 0.3) is 11.4 Å². The summed E-state index contributed by atoms with van der Waals surface area (Å²) in [5, 5.41) is 12.2. The van der Waals surface area contributed by atoms with Crippen LogP contribution in [0.2, 0.25) is 0 Å². The average Bonchev–Trinajstić information content (AvgIpc) is 3.47. The number of aromatic nitrogens is 2. The Kier molecular flexibility index (Phi) is 6.25. The van der Waals surface area contributed by atoms with Crippen molar-refractivity contribution in [3.8, 4) is 11.4 Å². The van der Waals surface area contributed by atoms with Crippen molar-refractivity contribution < 1.29 is 23.5 Å². The van der Waals surface area contributed by atoms with Crippen molar-refractivity contribution in [2.24, 2.45) is 0 Å². The molecule has 1 saturated heterocycles. The monoisotopic (exact) mass is 478 g/mol. The first-order valence-electron chi connectivity index (χ1n) is 11.5. The highest BCUT2D eigenvalue weighted by Crippen LogP contribution is 2.28. The van der Waals surface area contributed by atoms with Gasteiger partial charge in [-0.05, 0) is 36.1 Å². The van der Waals surface area contributed by atoms with Gasteiger partial charge in [-0.2, -0.15) is 0 Å². The molecular formula is C26H24F2N4O3. The molecule has 1 fully saturated rings. The van der Waals surface area contributed by atoms with Crippen molar-refractivity contribution in [1.82, 2.24) is 20.2 Å². The van der Waals surface area contributed by atoms with Gasteiger partial charge in [0.15, 0.2) is 5.82 Å². The zero-order chi connectivity index (χ0) is 24.5. The second kappa shape index (κ2) is 9.50. The van der Waals surface area contributed by atoms with Crippen molar-refractivity contribution in [2.45, 2.75) is 38.3 Å². The van der Waals surface area contributed by atoms with Crippen LogP contribution in [0.1, 0.15) is 45.7 Å². The van der Waals surface area contributed by atoms with Gasteiger partial charge < -0.3 is 15.3 Å². The first-order valence-corrected chi connectivity index (χ1v) is 11.5. The number of aliphatic hydroxyl groups is 1. The van der Waals surface area contributed by atoms with Crippen molar-refractivity contribution in [3.63, 3.8) is 0 Å². The van der Waals surface area contributed by atoms with Crippen molar-refractivity contribution in [2.75, 3.05) is 13.2 Å². The predicted octanol–water partition coefficient (Wildman–Crippen LogP) is 2.78. The first kappa shape index (κ1) is 23.0. The fourth-order valence-corrected chi connectivity index (χ4v) is 4.75. The van der Waals surface area contributed by atoms with Crippen LogP contribution in [-0.2, 0) is 24.2 Å². The molecule has 0 aliphatic carbocycles. The maximum atomic E-state index is 14.4. The number of amides is 2. The molecular weight excluding hydrogens is 454 g/mol. The molecule has 0 saturated carbocycles. The fourth-order valence-electron chi connectivity index (χ4n) is 4.75. The van der Waals surface area contributed by atoms with Crippen LogP contribution in [0, 0.1) is 11.6 Å². The Bertz CT molecular complexity index is 1280. The molecule has 35 heavy (non-hydrogen) atoms. The first-order chi connectivity index (χ1) is 16.9. The Labute approximate surface area is 200 Å². The van der Waals surface area contributed by atoms with E-state index in [4.69, 9.17) is 0 Å². The van der Waals surface area contributed by atoms with Crippen LogP contribution >= 0.6 is 0 Å². The van der Waals surface area contributed by atoms with Gasteiger partial charge in [-0.15, -0.1) is 0 Å². The number of carbonyl (C=O) groups excluding carboxylic acids is 2. The fraction of sp³-hybridized carbons (Fsp3) is 0.308. The van der Waals surface area contributed by atoms with Crippen molar-refractivity contribution in [1.29, 1.82) is 0 Å².